The van der Waals surface area contributed by atoms with Gasteiger partial charge in [-0.25, -0.2) is 13.2 Å². The van der Waals surface area contributed by atoms with E-state index < -0.39 is 9.84 Å². The van der Waals surface area contributed by atoms with Crippen molar-refractivity contribution >= 4 is 15.9 Å². The minimum atomic E-state index is -3.00. The molecule has 2 unspecified atom stereocenters. The minimum absolute atomic E-state index is 0.0204. The largest absolute Gasteiger partial charge is 0.491 e. The predicted octanol–water partition coefficient (Wildman–Crippen LogP) is 2.02. The lowest BCUT2D eigenvalue weighted by molar-refractivity contribution is 0.234. The molecular weight excluding hydrogens is 316 g/mol. The van der Waals surface area contributed by atoms with Gasteiger partial charge in [0.15, 0.2) is 9.84 Å². The van der Waals surface area contributed by atoms with Crippen molar-refractivity contribution in [2.75, 3.05) is 11.5 Å². The van der Waals surface area contributed by atoms with Gasteiger partial charge in [-0.05, 0) is 44.9 Å². The highest BCUT2D eigenvalue weighted by Gasteiger charge is 2.29. The van der Waals surface area contributed by atoms with E-state index in [-0.39, 0.29) is 35.7 Å². The van der Waals surface area contributed by atoms with Crippen LogP contribution in [-0.2, 0) is 9.84 Å². The lowest BCUT2D eigenvalue weighted by atomic mass is 10.1. The Labute approximate surface area is 137 Å². The third-order valence-corrected chi connectivity index (χ3v) is 5.41. The maximum atomic E-state index is 12.0. The van der Waals surface area contributed by atoms with Gasteiger partial charge in [0.05, 0.1) is 23.7 Å². The first-order valence-corrected chi connectivity index (χ1v) is 9.61. The zero-order chi connectivity index (χ0) is 17.0. The van der Waals surface area contributed by atoms with Crippen molar-refractivity contribution in [2.24, 2.45) is 0 Å². The van der Waals surface area contributed by atoms with Crippen LogP contribution in [0.2, 0.25) is 0 Å². The summed E-state index contributed by atoms with van der Waals surface area (Å²) in [5.74, 6) is 0.919. The van der Waals surface area contributed by atoms with Gasteiger partial charge < -0.3 is 15.4 Å². The molecule has 1 saturated heterocycles. The van der Waals surface area contributed by atoms with E-state index in [9.17, 15) is 13.2 Å². The van der Waals surface area contributed by atoms with Gasteiger partial charge in [-0.1, -0.05) is 12.1 Å². The molecule has 1 aliphatic heterocycles. The summed E-state index contributed by atoms with van der Waals surface area (Å²) in [4.78, 5) is 12.0. The van der Waals surface area contributed by atoms with Gasteiger partial charge in [0, 0.05) is 6.04 Å². The smallest absolute Gasteiger partial charge is 0.315 e. The van der Waals surface area contributed by atoms with Gasteiger partial charge in [-0.3, -0.25) is 0 Å². The summed E-state index contributed by atoms with van der Waals surface area (Å²) in [6.45, 7) is 5.79. The molecule has 1 aromatic rings. The average Bonchev–Trinajstić information content (AvgIpc) is 2.77. The number of sulfone groups is 1. The molecular formula is C16H24N2O4S. The van der Waals surface area contributed by atoms with Crippen LogP contribution in [0.3, 0.4) is 0 Å². The van der Waals surface area contributed by atoms with Crippen molar-refractivity contribution in [1.82, 2.24) is 10.6 Å². The van der Waals surface area contributed by atoms with E-state index in [1.54, 1.807) is 0 Å². The second kappa shape index (κ2) is 7.21. The molecule has 0 aliphatic carbocycles. The Bertz CT molecular complexity index is 658. The highest BCUT2D eigenvalue weighted by Crippen LogP contribution is 2.20. The molecule has 1 heterocycles. The number of benzene rings is 1. The van der Waals surface area contributed by atoms with Crippen LogP contribution >= 0.6 is 0 Å². The Morgan fingerprint density at radius 1 is 1.30 bits per heavy atom. The highest BCUT2D eigenvalue weighted by atomic mass is 32.2. The molecule has 7 heteroatoms. The maximum Gasteiger partial charge on any atom is 0.315 e. The maximum absolute atomic E-state index is 12.0. The van der Waals surface area contributed by atoms with Crippen molar-refractivity contribution in [1.29, 1.82) is 0 Å². The first kappa shape index (κ1) is 17.6. The van der Waals surface area contributed by atoms with Crippen LogP contribution in [0.1, 0.15) is 38.8 Å². The second-order valence-electron chi connectivity index (χ2n) is 6.18. The monoisotopic (exact) mass is 340 g/mol. The van der Waals surface area contributed by atoms with E-state index in [2.05, 4.69) is 10.6 Å². The summed E-state index contributed by atoms with van der Waals surface area (Å²) >= 11 is 0. The lowest BCUT2D eigenvalue weighted by Crippen LogP contribution is -2.43. The molecule has 1 fully saturated rings. The molecule has 2 amide bonds. The van der Waals surface area contributed by atoms with Crippen LogP contribution in [0.5, 0.6) is 5.75 Å². The van der Waals surface area contributed by atoms with Gasteiger partial charge in [0.2, 0.25) is 0 Å². The third-order valence-electron chi connectivity index (χ3n) is 3.65. The number of urea groups is 1. The second-order valence-corrected chi connectivity index (χ2v) is 8.41. The van der Waals surface area contributed by atoms with Crippen LogP contribution in [0.15, 0.2) is 24.3 Å². The fraction of sp³-hybridized carbons (Fsp3) is 0.562. The topological polar surface area (TPSA) is 84.5 Å². The highest BCUT2D eigenvalue weighted by molar-refractivity contribution is 7.91. The quantitative estimate of drug-likeness (QED) is 0.859. The zero-order valence-electron chi connectivity index (χ0n) is 13.7. The van der Waals surface area contributed by atoms with Gasteiger partial charge >= 0.3 is 6.03 Å². The Hall–Kier alpha value is -1.76. The number of ether oxygens (including phenoxy) is 1. The molecule has 128 valence electrons. The first-order valence-electron chi connectivity index (χ1n) is 7.79. The van der Waals surface area contributed by atoms with E-state index >= 15 is 0 Å². The molecule has 0 saturated carbocycles. The van der Waals surface area contributed by atoms with E-state index in [1.165, 1.54) is 0 Å². The normalized spacial score (nSPS) is 21.0. The standard InChI is InChI=1S/C16H24N2O4S/c1-11(2)22-15-6-4-5-13(9-15)12(3)17-16(19)18-14-7-8-23(20,21)10-14/h4-6,9,11-12,14H,7-8,10H2,1-3H3,(H2,17,18,19). The molecule has 6 nitrogen and oxygen atoms in total. The number of nitrogens with one attached hydrogen (secondary N) is 2. The molecule has 2 N–H and O–H groups in total. The summed E-state index contributed by atoms with van der Waals surface area (Å²) in [6, 6.07) is 6.71. The summed E-state index contributed by atoms with van der Waals surface area (Å²) < 4.78 is 28.5. The molecule has 0 aromatic heterocycles. The Morgan fingerprint density at radius 3 is 2.65 bits per heavy atom. The van der Waals surface area contributed by atoms with Gasteiger partial charge in [0.1, 0.15) is 5.75 Å². The lowest BCUT2D eigenvalue weighted by Gasteiger charge is -2.18. The van der Waals surface area contributed by atoms with Crippen LogP contribution in [0, 0.1) is 0 Å². The number of hydrogen-bond acceptors (Lipinski definition) is 4. The number of rotatable bonds is 5. The zero-order valence-corrected chi connectivity index (χ0v) is 14.5. The number of amides is 2. The Kier molecular flexibility index (Phi) is 5.51. The summed E-state index contributed by atoms with van der Waals surface area (Å²) in [6.07, 6.45) is 0.558. The summed E-state index contributed by atoms with van der Waals surface area (Å²) in [7, 11) is -3.00. The fourth-order valence-electron chi connectivity index (χ4n) is 2.55. The Morgan fingerprint density at radius 2 is 2.04 bits per heavy atom. The molecule has 0 spiro atoms. The number of hydrogen-bond donors (Lipinski definition) is 2. The van der Waals surface area contributed by atoms with Crippen LogP contribution in [0.25, 0.3) is 0 Å². The third kappa shape index (κ3) is 5.42. The first-order chi connectivity index (χ1) is 10.7. The molecule has 2 atom stereocenters. The van der Waals surface area contributed by atoms with Crippen LogP contribution in [0.4, 0.5) is 4.79 Å². The van der Waals surface area contributed by atoms with Crippen molar-refractivity contribution in [3.05, 3.63) is 29.8 Å². The van der Waals surface area contributed by atoms with Gasteiger partial charge in [-0.2, -0.15) is 0 Å². The van der Waals surface area contributed by atoms with Gasteiger partial charge in [0.25, 0.3) is 0 Å². The fourth-order valence-corrected chi connectivity index (χ4v) is 4.22. The molecule has 1 aromatic carbocycles. The van der Waals surface area contributed by atoms with E-state index in [0.29, 0.717) is 6.42 Å². The van der Waals surface area contributed by atoms with E-state index in [0.717, 1.165) is 11.3 Å². The van der Waals surface area contributed by atoms with E-state index in [4.69, 9.17) is 4.74 Å². The van der Waals surface area contributed by atoms with Crippen molar-refractivity contribution in [3.63, 3.8) is 0 Å². The average molecular weight is 340 g/mol. The predicted molar refractivity (Wildman–Crippen MR) is 89.3 cm³/mol. The molecule has 23 heavy (non-hydrogen) atoms. The molecule has 0 bridgehead atoms. The minimum Gasteiger partial charge on any atom is -0.491 e. The van der Waals surface area contributed by atoms with Crippen molar-refractivity contribution < 1.29 is 17.9 Å². The van der Waals surface area contributed by atoms with Crippen LogP contribution < -0.4 is 15.4 Å². The molecule has 2 rings (SSSR count). The molecule has 0 radical (unpaired) electrons. The van der Waals surface area contributed by atoms with Crippen LogP contribution in [-0.4, -0.2) is 38.1 Å². The summed E-state index contributed by atoms with van der Waals surface area (Å²) in [5, 5.41) is 5.55. The molecule has 1 aliphatic rings. The van der Waals surface area contributed by atoms with Gasteiger partial charge in [-0.15, -0.1) is 0 Å². The van der Waals surface area contributed by atoms with Crippen molar-refractivity contribution in [3.8, 4) is 5.75 Å². The van der Waals surface area contributed by atoms with E-state index in [1.807, 2.05) is 45.0 Å². The number of carbonyl (C=O) groups excluding carboxylic acids is 1. The number of carbonyl (C=O) groups is 1. The Balaban J connectivity index is 1.91. The van der Waals surface area contributed by atoms with Crippen molar-refractivity contribution in [2.45, 2.75) is 45.4 Å². The summed E-state index contributed by atoms with van der Waals surface area (Å²) in [5.41, 5.74) is 0.928. The SMILES string of the molecule is CC(C)Oc1cccc(C(C)NC(=O)NC2CCS(=O)(=O)C2)c1.